The number of carbonyl (C=O) groups is 1. The zero-order valence-electron chi connectivity index (χ0n) is 13.8. The van der Waals surface area contributed by atoms with Gasteiger partial charge in [0.1, 0.15) is 11.6 Å². The van der Waals surface area contributed by atoms with Crippen LogP contribution in [0.2, 0.25) is 0 Å². The maximum atomic E-state index is 14.2. The van der Waals surface area contributed by atoms with Gasteiger partial charge in [-0.3, -0.25) is 4.79 Å². The fourth-order valence-corrected chi connectivity index (χ4v) is 2.22. The predicted molar refractivity (Wildman–Crippen MR) is 96.5 cm³/mol. The monoisotopic (exact) mass is 352 g/mol. The number of carbonyl (C=O) groups excluding carboxylic acids is 1. The van der Waals surface area contributed by atoms with Gasteiger partial charge >= 0.3 is 0 Å². The van der Waals surface area contributed by atoms with Crippen LogP contribution >= 0.6 is 12.4 Å². The highest BCUT2D eigenvalue weighted by Gasteiger charge is 2.12. The van der Waals surface area contributed by atoms with Gasteiger partial charge in [-0.25, -0.2) is 4.39 Å². The number of benzene rings is 2. The first kappa shape index (κ1) is 19.9. The van der Waals surface area contributed by atoms with E-state index in [0.717, 1.165) is 29.8 Å². The largest absolute Gasteiger partial charge is 0.497 e. The van der Waals surface area contributed by atoms with Crippen LogP contribution in [0, 0.1) is 5.82 Å². The molecule has 2 N–H and O–H groups in total. The molecule has 0 atom stereocenters. The highest BCUT2D eigenvalue weighted by Crippen LogP contribution is 2.24. The minimum Gasteiger partial charge on any atom is -0.497 e. The van der Waals surface area contributed by atoms with Gasteiger partial charge in [-0.15, -0.1) is 12.4 Å². The third-order valence-corrected chi connectivity index (χ3v) is 3.53. The van der Waals surface area contributed by atoms with Crippen molar-refractivity contribution in [2.75, 3.05) is 27.2 Å². The van der Waals surface area contributed by atoms with E-state index in [1.807, 2.05) is 31.3 Å². The summed E-state index contributed by atoms with van der Waals surface area (Å²) in [6, 6.07) is 12.0. The van der Waals surface area contributed by atoms with Crippen molar-refractivity contribution in [2.45, 2.75) is 6.42 Å². The Morgan fingerprint density at radius 3 is 2.33 bits per heavy atom. The Morgan fingerprint density at radius 2 is 1.75 bits per heavy atom. The highest BCUT2D eigenvalue weighted by atomic mass is 35.5. The molecule has 0 saturated carbocycles. The Bertz CT molecular complexity index is 663. The average molecular weight is 353 g/mol. The number of ether oxygens (including phenoxy) is 1. The molecule has 6 heteroatoms. The molecule has 2 aromatic carbocycles. The molecular weight excluding hydrogens is 331 g/mol. The van der Waals surface area contributed by atoms with Crippen molar-refractivity contribution in [1.29, 1.82) is 0 Å². The molecule has 24 heavy (non-hydrogen) atoms. The molecule has 2 aromatic rings. The first-order valence-electron chi connectivity index (χ1n) is 7.52. The molecule has 0 bridgehead atoms. The number of nitrogens with one attached hydrogen (secondary N) is 2. The van der Waals surface area contributed by atoms with Gasteiger partial charge in [0.05, 0.1) is 12.7 Å². The van der Waals surface area contributed by atoms with Gasteiger partial charge in [-0.05, 0) is 55.4 Å². The molecule has 0 spiro atoms. The quantitative estimate of drug-likeness (QED) is 0.752. The Labute approximate surface area is 147 Å². The van der Waals surface area contributed by atoms with Crippen LogP contribution in [0.1, 0.15) is 16.8 Å². The van der Waals surface area contributed by atoms with Gasteiger partial charge in [-0.1, -0.05) is 18.2 Å². The summed E-state index contributed by atoms with van der Waals surface area (Å²) in [5.41, 5.74) is 1.65. The van der Waals surface area contributed by atoms with Crippen molar-refractivity contribution in [1.82, 2.24) is 10.6 Å². The zero-order valence-corrected chi connectivity index (χ0v) is 14.6. The topological polar surface area (TPSA) is 50.4 Å². The van der Waals surface area contributed by atoms with E-state index in [2.05, 4.69) is 10.6 Å². The summed E-state index contributed by atoms with van der Waals surface area (Å²) in [4.78, 5) is 12.0. The van der Waals surface area contributed by atoms with Crippen molar-refractivity contribution in [3.05, 3.63) is 53.8 Å². The van der Waals surface area contributed by atoms with E-state index in [4.69, 9.17) is 4.74 Å². The van der Waals surface area contributed by atoms with Crippen molar-refractivity contribution in [3.8, 4) is 16.9 Å². The van der Waals surface area contributed by atoms with Gasteiger partial charge in [-0.2, -0.15) is 0 Å². The molecule has 0 unspecified atom stereocenters. The highest BCUT2D eigenvalue weighted by molar-refractivity contribution is 5.95. The summed E-state index contributed by atoms with van der Waals surface area (Å²) in [7, 11) is 3.44. The van der Waals surface area contributed by atoms with E-state index in [-0.39, 0.29) is 23.9 Å². The normalized spacial score (nSPS) is 9.96. The molecule has 0 fully saturated rings. The third-order valence-electron chi connectivity index (χ3n) is 3.53. The Balaban J connectivity index is 0.00000288. The second kappa shape index (κ2) is 9.90. The molecule has 4 nitrogen and oxygen atoms in total. The summed E-state index contributed by atoms with van der Waals surface area (Å²) >= 11 is 0. The van der Waals surface area contributed by atoms with E-state index in [9.17, 15) is 9.18 Å². The van der Waals surface area contributed by atoms with Crippen LogP contribution in [0.15, 0.2) is 42.5 Å². The molecule has 130 valence electrons. The first-order chi connectivity index (χ1) is 11.2. The van der Waals surface area contributed by atoms with Crippen LogP contribution in [0.3, 0.4) is 0 Å². The number of hydrogen-bond donors (Lipinski definition) is 2. The Kier molecular flexibility index (Phi) is 8.22. The van der Waals surface area contributed by atoms with Crippen LogP contribution in [-0.2, 0) is 0 Å². The number of rotatable bonds is 7. The number of hydrogen-bond acceptors (Lipinski definition) is 3. The lowest BCUT2D eigenvalue weighted by molar-refractivity contribution is 0.0949. The molecule has 0 aliphatic carbocycles. The molecule has 0 saturated heterocycles. The number of amides is 1. The van der Waals surface area contributed by atoms with Gasteiger partial charge in [0, 0.05) is 6.54 Å². The van der Waals surface area contributed by atoms with E-state index >= 15 is 0 Å². The van der Waals surface area contributed by atoms with Crippen LogP contribution < -0.4 is 15.4 Å². The molecule has 2 rings (SSSR count). The summed E-state index contributed by atoms with van der Waals surface area (Å²) in [5, 5.41) is 5.71. The lowest BCUT2D eigenvalue weighted by atomic mass is 10.0. The van der Waals surface area contributed by atoms with E-state index in [1.54, 1.807) is 13.2 Å². The van der Waals surface area contributed by atoms with Crippen molar-refractivity contribution < 1.29 is 13.9 Å². The van der Waals surface area contributed by atoms with Crippen molar-refractivity contribution in [2.24, 2.45) is 0 Å². The Morgan fingerprint density at radius 1 is 1.08 bits per heavy atom. The minimum atomic E-state index is -0.524. The molecule has 1 amide bonds. The molecule has 0 heterocycles. The van der Waals surface area contributed by atoms with Crippen molar-refractivity contribution >= 4 is 18.3 Å². The first-order valence-corrected chi connectivity index (χ1v) is 7.52. The fraction of sp³-hybridized carbons (Fsp3) is 0.278. The van der Waals surface area contributed by atoms with E-state index in [0.29, 0.717) is 6.54 Å². The maximum Gasteiger partial charge on any atom is 0.254 e. The van der Waals surface area contributed by atoms with E-state index < -0.39 is 5.82 Å². The minimum absolute atomic E-state index is 0. The van der Waals surface area contributed by atoms with Crippen LogP contribution in [0.5, 0.6) is 5.75 Å². The molecule has 0 aliphatic heterocycles. The second-order valence-corrected chi connectivity index (χ2v) is 5.14. The summed E-state index contributed by atoms with van der Waals surface area (Å²) in [6.07, 6.45) is 0.799. The second-order valence-electron chi connectivity index (χ2n) is 5.14. The Hall–Kier alpha value is -2.11. The lowest BCUT2D eigenvalue weighted by Gasteiger charge is -2.08. The third kappa shape index (κ3) is 5.22. The predicted octanol–water partition coefficient (Wildman–Crippen LogP) is 3.26. The molecule has 0 aliphatic rings. The zero-order chi connectivity index (χ0) is 16.7. The standard InChI is InChI=1S/C18H21FN2O2.ClH/c1-20-10-3-11-21-18(22)16-9-6-14(12-17(16)19)13-4-7-15(23-2)8-5-13;/h4-9,12,20H,3,10-11H2,1-2H3,(H,21,22);1H. The number of methoxy groups -OCH3 is 1. The fourth-order valence-electron chi connectivity index (χ4n) is 2.22. The lowest BCUT2D eigenvalue weighted by Crippen LogP contribution is -2.27. The van der Waals surface area contributed by atoms with Crippen LogP contribution in [-0.4, -0.2) is 33.2 Å². The molecular formula is C18H22ClFN2O2. The van der Waals surface area contributed by atoms with Gasteiger partial charge in [0.2, 0.25) is 0 Å². The average Bonchev–Trinajstić information content (AvgIpc) is 2.58. The number of halogens is 2. The summed E-state index contributed by atoms with van der Waals surface area (Å²) in [5.74, 6) is -0.170. The van der Waals surface area contributed by atoms with E-state index in [1.165, 1.54) is 12.1 Å². The molecule has 0 aromatic heterocycles. The van der Waals surface area contributed by atoms with Gasteiger partial charge in [0.15, 0.2) is 0 Å². The van der Waals surface area contributed by atoms with Gasteiger partial charge in [0.25, 0.3) is 5.91 Å². The summed E-state index contributed by atoms with van der Waals surface area (Å²) in [6.45, 7) is 1.32. The SMILES string of the molecule is CNCCCNC(=O)c1ccc(-c2ccc(OC)cc2)cc1F.Cl. The van der Waals surface area contributed by atoms with Crippen LogP contribution in [0.4, 0.5) is 4.39 Å². The van der Waals surface area contributed by atoms with Gasteiger partial charge < -0.3 is 15.4 Å². The molecule has 0 radical (unpaired) electrons. The smallest absolute Gasteiger partial charge is 0.254 e. The van der Waals surface area contributed by atoms with Crippen molar-refractivity contribution in [3.63, 3.8) is 0 Å². The summed E-state index contributed by atoms with van der Waals surface area (Å²) < 4.78 is 19.3. The van der Waals surface area contributed by atoms with Crippen LogP contribution in [0.25, 0.3) is 11.1 Å². The maximum absolute atomic E-state index is 14.2.